The number of ether oxygens (including phenoxy) is 1. The first-order valence-corrected chi connectivity index (χ1v) is 8.94. The number of anilines is 1. The number of aliphatic hydroxyl groups excluding tert-OH is 1. The van der Waals surface area contributed by atoms with Gasteiger partial charge >= 0.3 is 11.8 Å². The zero-order chi connectivity index (χ0) is 19.6. The molecule has 3 N–H and O–H groups in total. The number of aryl methyl sites for hydroxylation is 1. The lowest BCUT2D eigenvalue weighted by atomic mass is 9.93. The monoisotopic (exact) mass is 370 g/mol. The summed E-state index contributed by atoms with van der Waals surface area (Å²) in [7, 11) is 1.51. The number of hydrogen-bond acceptors (Lipinski definition) is 4. The molecule has 0 radical (unpaired) electrons. The molecule has 144 valence electrons. The lowest BCUT2D eigenvalue weighted by Crippen LogP contribution is -2.36. The molecule has 0 spiro atoms. The number of hydrogen-bond donors (Lipinski definition) is 3. The van der Waals surface area contributed by atoms with Gasteiger partial charge in [-0.15, -0.1) is 0 Å². The summed E-state index contributed by atoms with van der Waals surface area (Å²) in [5.41, 5.74) is 2.51. The van der Waals surface area contributed by atoms with Gasteiger partial charge in [0.1, 0.15) is 5.75 Å². The Kier molecular flexibility index (Phi) is 7.82. The summed E-state index contributed by atoms with van der Waals surface area (Å²) in [6.45, 7) is 2.30. The van der Waals surface area contributed by atoms with Crippen molar-refractivity contribution < 1.29 is 19.4 Å². The minimum Gasteiger partial charge on any atom is -0.495 e. The molecule has 2 amide bonds. The van der Waals surface area contributed by atoms with Crippen LogP contribution in [0.2, 0.25) is 0 Å². The average Bonchev–Trinajstić information content (AvgIpc) is 2.68. The van der Waals surface area contributed by atoms with Crippen molar-refractivity contribution in [3.8, 4) is 5.75 Å². The molecule has 6 nitrogen and oxygen atoms in total. The van der Waals surface area contributed by atoms with Crippen LogP contribution in [-0.2, 0) is 9.59 Å². The molecule has 0 heterocycles. The van der Waals surface area contributed by atoms with Crippen LogP contribution in [0.15, 0.2) is 48.5 Å². The fourth-order valence-corrected chi connectivity index (χ4v) is 2.90. The quantitative estimate of drug-likeness (QED) is 0.624. The fraction of sp³-hybridized carbons (Fsp3) is 0.333. The van der Waals surface area contributed by atoms with Crippen LogP contribution in [0.1, 0.15) is 29.9 Å². The molecular formula is C21H26N2O4. The van der Waals surface area contributed by atoms with Crippen molar-refractivity contribution in [1.82, 2.24) is 5.32 Å². The molecule has 0 saturated heterocycles. The highest BCUT2D eigenvalue weighted by molar-refractivity contribution is 6.39. The van der Waals surface area contributed by atoms with Crippen LogP contribution in [0, 0.1) is 6.92 Å². The minimum atomic E-state index is -0.739. The molecule has 0 bridgehead atoms. The SMILES string of the molecule is COc1ccc(C)cc1NC(=O)C(=O)NCCC(CCO)c1ccccc1. The van der Waals surface area contributed by atoms with Gasteiger partial charge < -0.3 is 20.5 Å². The van der Waals surface area contributed by atoms with E-state index >= 15 is 0 Å². The summed E-state index contributed by atoms with van der Waals surface area (Å²) in [6, 6.07) is 15.2. The van der Waals surface area contributed by atoms with Gasteiger partial charge in [-0.1, -0.05) is 36.4 Å². The first-order chi connectivity index (χ1) is 13.0. The number of methoxy groups -OCH3 is 1. The molecule has 1 unspecified atom stereocenters. The van der Waals surface area contributed by atoms with Crippen LogP contribution in [0.3, 0.4) is 0 Å². The van der Waals surface area contributed by atoms with Crippen LogP contribution in [-0.4, -0.2) is 37.2 Å². The normalized spacial score (nSPS) is 11.5. The van der Waals surface area contributed by atoms with Crippen LogP contribution in [0.5, 0.6) is 5.75 Å². The van der Waals surface area contributed by atoms with E-state index in [9.17, 15) is 14.7 Å². The number of amides is 2. The van der Waals surface area contributed by atoms with E-state index in [1.165, 1.54) is 7.11 Å². The van der Waals surface area contributed by atoms with Crippen LogP contribution >= 0.6 is 0 Å². The molecule has 6 heteroatoms. The van der Waals surface area contributed by atoms with Crippen LogP contribution in [0.4, 0.5) is 5.69 Å². The van der Waals surface area contributed by atoms with Crippen molar-refractivity contribution in [2.24, 2.45) is 0 Å². The molecule has 0 aliphatic rings. The van der Waals surface area contributed by atoms with Crippen molar-refractivity contribution >= 4 is 17.5 Å². The maximum Gasteiger partial charge on any atom is 0.313 e. The maximum absolute atomic E-state index is 12.1. The molecule has 2 aromatic carbocycles. The number of rotatable bonds is 8. The highest BCUT2D eigenvalue weighted by atomic mass is 16.5. The maximum atomic E-state index is 12.1. The molecule has 0 aliphatic carbocycles. The molecule has 0 fully saturated rings. The van der Waals surface area contributed by atoms with Gasteiger partial charge in [0.05, 0.1) is 12.8 Å². The molecule has 27 heavy (non-hydrogen) atoms. The Hall–Kier alpha value is -2.86. The Morgan fingerprint density at radius 3 is 2.48 bits per heavy atom. The Morgan fingerprint density at radius 2 is 1.81 bits per heavy atom. The number of nitrogens with one attached hydrogen (secondary N) is 2. The Labute approximate surface area is 159 Å². The van der Waals surface area contributed by atoms with Gasteiger partial charge in [-0.05, 0) is 48.9 Å². The van der Waals surface area contributed by atoms with E-state index in [2.05, 4.69) is 10.6 Å². The lowest BCUT2D eigenvalue weighted by Gasteiger charge is -2.16. The first-order valence-electron chi connectivity index (χ1n) is 8.94. The van der Waals surface area contributed by atoms with E-state index in [4.69, 9.17) is 4.74 Å². The molecule has 2 aromatic rings. The van der Waals surface area contributed by atoms with Gasteiger partial charge in [-0.3, -0.25) is 9.59 Å². The molecule has 2 rings (SSSR count). The van der Waals surface area contributed by atoms with E-state index in [1.54, 1.807) is 12.1 Å². The highest BCUT2D eigenvalue weighted by Crippen LogP contribution is 2.25. The van der Waals surface area contributed by atoms with Gasteiger partial charge in [-0.25, -0.2) is 0 Å². The highest BCUT2D eigenvalue weighted by Gasteiger charge is 2.17. The molecule has 0 aliphatic heterocycles. The Bertz CT molecular complexity index is 762. The third kappa shape index (κ3) is 6.11. The first kappa shape index (κ1) is 20.5. The van der Waals surface area contributed by atoms with Crippen molar-refractivity contribution in [3.63, 3.8) is 0 Å². The molecular weight excluding hydrogens is 344 g/mol. The summed E-state index contributed by atoms with van der Waals surface area (Å²) in [6.07, 6.45) is 1.24. The minimum absolute atomic E-state index is 0.0706. The van der Waals surface area contributed by atoms with Gasteiger partial charge in [-0.2, -0.15) is 0 Å². The zero-order valence-corrected chi connectivity index (χ0v) is 15.7. The fourth-order valence-electron chi connectivity index (χ4n) is 2.90. The second kappa shape index (κ2) is 10.3. The van der Waals surface area contributed by atoms with E-state index in [0.29, 0.717) is 30.8 Å². The number of benzene rings is 2. The second-order valence-corrected chi connectivity index (χ2v) is 6.32. The molecule has 0 saturated carbocycles. The third-order valence-corrected chi connectivity index (χ3v) is 4.34. The van der Waals surface area contributed by atoms with Crippen molar-refractivity contribution in [2.75, 3.05) is 25.6 Å². The summed E-state index contributed by atoms with van der Waals surface area (Å²) in [5, 5.41) is 14.5. The lowest BCUT2D eigenvalue weighted by molar-refractivity contribution is -0.136. The second-order valence-electron chi connectivity index (χ2n) is 6.32. The summed E-state index contributed by atoms with van der Waals surface area (Å²) in [4.78, 5) is 24.2. The predicted octanol–water partition coefficient (Wildman–Crippen LogP) is 2.61. The average molecular weight is 370 g/mol. The Balaban J connectivity index is 1.89. The van der Waals surface area contributed by atoms with Crippen LogP contribution < -0.4 is 15.4 Å². The summed E-state index contributed by atoms with van der Waals surface area (Å²) >= 11 is 0. The van der Waals surface area contributed by atoms with E-state index in [1.807, 2.05) is 43.3 Å². The van der Waals surface area contributed by atoms with E-state index < -0.39 is 11.8 Å². The predicted molar refractivity (Wildman–Crippen MR) is 105 cm³/mol. The Morgan fingerprint density at radius 1 is 1.07 bits per heavy atom. The smallest absolute Gasteiger partial charge is 0.313 e. The summed E-state index contributed by atoms with van der Waals surface area (Å²) < 4.78 is 5.20. The number of aliphatic hydroxyl groups is 1. The number of carbonyl (C=O) groups excluding carboxylic acids is 2. The number of carbonyl (C=O) groups is 2. The van der Waals surface area contributed by atoms with Gasteiger partial charge in [0.2, 0.25) is 0 Å². The third-order valence-electron chi connectivity index (χ3n) is 4.34. The van der Waals surface area contributed by atoms with Gasteiger partial charge in [0, 0.05) is 13.2 Å². The van der Waals surface area contributed by atoms with E-state index in [0.717, 1.165) is 11.1 Å². The van der Waals surface area contributed by atoms with Crippen LogP contribution in [0.25, 0.3) is 0 Å². The van der Waals surface area contributed by atoms with Crippen molar-refractivity contribution in [3.05, 3.63) is 59.7 Å². The zero-order valence-electron chi connectivity index (χ0n) is 15.7. The van der Waals surface area contributed by atoms with Crippen molar-refractivity contribution in [2.45, 2.75) is 25.7 Å². The topological polar surface area (TPSA) is 87.7 Å². The summed E-state index contributed by atoms with van der Waals surface area (Å²) in [5.74, 6) is -0.822. The standard InChI is InChI=1S/C21H26N2O4/c1-15-8-9-19(27-2)18(14-15)23-21(26)20(25)22-12-10-17(11-13-24)16-6-4-3-5-7-16/h3-9,14,17,24H,10-13H2,1-2H3,(H,22,25)(H,23,26). The molecule has 1 atom stereocenters. The van der Waals surface area contributed by atoms with E-state index in [-0.39, 0.29) is 12.5 Å². The molecule has 0 aromatic heterocycles. The largest absolute Gasteiger partial charge is 0.495 e. The van der Waals surface area contributed by atoms with Crippen molar-refractivity contribution in [1.29, 1.82) is 0 Å². The van der Waals surface area contributed by atoms with Gasteiger partial charge in [0.25, 0.3) is 0 Å². The van der Waals surface area contributed by atoms with Gasteiger partial charge in [0.15, 0.2) is 0 Å².